The highest BCUT2D eigenvalue weighted by Crippen LogP contribution is 2.39. The lowest BCUT2D eigenvalue weighted by molar-refractivity contribution is -0.160. The molecule has 3 unspecified atom stereocenters. The van der Waals surface area contributed by atoms with Crippen LogP contribution in [-0.2, 0) is 28.3 Å². The van der Waals surface area contributed by atoms with Crippen LogP contribution in [0.1, 0.15) is 81.6 Å². The van der Waals surface area contributed by atoms with Gasteiger partial charge in [0.15, 0.2) is 11.9 Å². The van der Waals surface area contributed by atoms with E-state index in [1.165, 1.54) is 0 Å². The van der Waals surface area contributed by atoms with Crippen molar-refractivity contribution in [1.82, 2.24) is 0 Å². The number of rotatable bonds is 8. The first-order chi connectivity index (χ1) is 21.2. The van der Waals surface area contributed by atoms with Gasteiger partial charge in [0.2, 0.25) is 0 Å². The third-order valence-corrected chi connectivity index (χ3v) is 13.4. The van der Waals surface area contributed by atoms with Crippen molar-refractivity contribution in [3.05, 3.63) is 95.6 Å². The van der Waals surface area contributed by atoms with Gasteiger partial charge in [-0.15, -0.1) is 0 Å². The van der Waals surface area contributed by atoms with Gasteiger partial charge in [-0.2, -0.15) is 0 Å². The van der Waals surface area contributed by atoms with Crippen molar-refractivity contribution in [2.45, 2.75) is 105 Å². The molecule has 7 heteroatoms. The maximum absolute atomic E-state index is 14.1. The first-order valence-electron chi connectivity index (χ1n) is 15.9. The summed E-state index contributed by atoms with van der Waals surface area (Å²) in [6, 6.07) is 20.4. The van der Waals surface area contributed by atoms with Crippen molar-refractivity contribution in [1.29, 1.82) is 0 Å². The Bertz CT molecular complexity index is 1380. The van der Waals surface area contributed by atoms with Crippen molar-refractivity contribution in [3.63, 3.8) is 0 Å². The van der Waals surface area contributed by atoms with Gasteiger partial charge < -0.3 is 13.9 Å². The third-order valence-electron chi connectivity index (χ3n) is 8.39. The van der Waals surface area contributed by atoms with Crippen LogP contribution in [0.4, 0.5) is 0 Å². The Morgan fingerprint density at radius 1 is 0.956 bits per heavy atom. The Hall–Kier alpha value is -3.55. The van der Waals surface area contributed by atoms with Crippen LogP contribution >= 0.6 is 0 Å². The lowest BCUT2D eigenvalue weighted by atomic mass is 9.97. The molecular formula is C38H50O6Si. The van der Waals surface area contributed by atoms with Gasteiger partial charge in [0.05, 0.1) is 0 Å². The molecule has 1 heterocycles. The molecule has 0 saturated carbocycles. The molecule has 45 heavy (non-hydrogen) atoms. The minimum absolute atomic E-state index is 0.0491. The number of cyclic esters (lactones) is 1. The van der Waals surface area contributed by atoms with E-state index in [9.17, 15) is 14.4 Å². The number of allylic oxidation sites excluding steroid dienone is 2. The van der Waals surface area contributed by atoms with E-state index in [1.54, 1.807) is 13.0 Å². The topological polar surface area (TPSA) is 78.9 Å². The first kappa shape index (κ1) is 35.9. The number of ketones is 1. The summed E-state index contributed by atoms with van der Waals surface area (Å²) in [5.41, 5.74) is 1.98. The van der Waals surface area contributed by atoms with Gasteiger partial charge in [0.25, 0.3) is 8.32 Å². The van der Waals surface area contributed by atoms with E-state index in [-0.39, 0.29) is 29.6 Å². The SMILES string of the molecule is CC=C(C)C1CC=C(C)C(O[Si](c2ccccc2)(c2ccccc2)C(C)(C)C)C(OC(=O)CC(C)C)C(=O)CC=C(C)C(=O)O1. The minimum Gasteiger partial charge on any atom is -0.454 e. The van der Waals surface area contributed by atoms with Crippen molar-refractivity contribution in [3.8, 4) is 0 Å². The van der Waals surface area contributed by atoms with E-state index in [0.717, 1.165) is 21.5 Å². The highest BCUT2D eigenvalue weighted by atomic mass is 28.4. The molecule has 0 spiro atoms. The number of carbonyl (C=O) groups is 3. The summed E-state index contributed by atoms with van der Waals surface area (Å²) < 4.78 is 19.5. The Morgan fingerprint density at radius 2 is 1.51 bits per heavy atom. The number of hydrogen-bond acceptors (Lipinski definition) is 6. The summed E-state index contributed by atoms with van der Waals surface area (Å²) in [5.74, 6) is -1.22. The highest BCUT2D eigenvalue weighted by Gasteiger charge is 2.53. The Labute approximate surface area is 270 Å². The van der Waals surface area contributed by atoms with Crippen LogP contribution in [0.2, 0.25) is 5.04 Å². The standard InChI is InChI=1S/C38H50O6Si/c1-10-27(4)33-24-22-28(5)35(36(43-34(40)25-26(2)3)32(39)23-21-29(6)37(41)42-33)44-45(38(7,8)9,30-17-13-11-14-18-30)31-19-15-12-16-20-31/h10-22,26,33,35-36H,23-25H2,1-9H3. The fourth-order valence-corrected chi connectivity index (χ4v) is 10.4. The maximum Gasteiger partial charge on any atom is 0.334 e. The molecule has 3 atom stereocenters. The summed E-state index contributed by atoms with van der Waals surface area (Å²) in [6.07, 6.45) is 3.31. The Kier molecular flexibility index (Phi) is 12.5. The van der Waals surface area contributed by atoms with Crippen LogP contribution < -0.4 is 10.4 Å². The number of benzene rings is 2. The molecule has 0 saturated heterocycles. The molecule has 0 N–H and O–H groups in total. The van der Waals surface area contributed by atoms with Crippen LogP contribution in [0.25, 0.3) is 0 Å². The van der Waals surface area contributed by atoms with Gasteiger partial charge in [-0.25, -0.2) is 4.79 Å². The van der Waals surface area contributed by atoms with E-state index in [1.807, 2.05) is 83.2 Å². The third kappa shape index (κ3) is 8.80. The van der Waals surface area contributed by atoms with Crippen molar-refractivity contribution in [2.75, 3.05) is 0 Å². The number of carbonyl (C=O) groups excluding carboxylic acids is 3. The zero-order chi connectivity index (χ0) is 33.4. The largest absolute Gasteiger partial charge is 0.454 e. The average Bonchev–Trinajstić information content (AvgIpc) is 3.00. The molecule has 6 nitrogen and oxygen atoms in total. The smallest absolute Gasteiger partial charge is 0.334 e. The lowest BCUT2D eigenvalue weighted by Crippen LogP contribution is -2.69. The van der Waals surface area contributed by atoms with Crippen molar-refractivity contribution in [2.24, 2.45) is 5.92 Å². The molecular weight excluding hydrogens is 580 g/mol. The van der Waals surface area contributed by atoms with Gasteiger partial charge in [-0.1, -0.05) is 114 Å². The molecule has 0 amide bonds. The quantitative estimate of drug-likeness (QED) is 0.177. The molecule has 2 aromatic rings. The average molecular weight is 631 g/mol. The maximum atomic E-state index is 14.1. The second kappa shape index (κ2) is 15.6. The summed E-state index contributed by atoms with van der Waals surface area (Å²) >= 11 is 0. The molecule has 3 rings (SSSR count). The number of Topliss-reactive ketones (excluding diaryl/α,β-unsaturated/α-hetero) is 1. The van der Waals surface area contributed by atoms with E-state index in [4.69, 9.17) is 13.9 Å². The van der Waals surface area contributed by atoms with Gasteiger partial charge >= 0.3 is 11.9 Å². The van der Waals surface area contributed by atoms with Crippen LogP contribution in [-0.4, -0.2) is 44.4 Å². The number of hydrogen-bond donors (Lipinski definition) is 0. The Balaban J connectivity index is 2.33. The monoisotopic (exact) mass is 630 g/mol. The van der Waals surface area contributed by atoms with Crippen LogP contribution in [0, 0.1) is 5.92 Å². The zero-order valence-corrected chi connectivity index (χ0v) is 29.4. The van der Waals surface area contributed by atoms with Crippen molar-refractivity contribution >= 4 is 36.4 Å². The van der Waals surface area contributed by atoms with E-state index < -0.39 is 38.6 Å². The molecule has 1 aliphatic heterocycles. The van der Waals surface area contributed by atoms with E-state index in [0.29, 0.717) is 12.0 Å². The molecule has 1 aliphatic rings. The zero-order valence-electron chi connectivity index (χ0n) is 28.4. The molecule has 0 fully saturated rings. The van der Waals surface area contributed by atoms with Gasteiger partial charge in [0, 0.05) is 24.8 Å². The first-order valence-corrected chi connectivity index (χ1v) is 17.8. The van der Waals surface area contributed by atoms with Gasteiger partial charge in [0.1, 0.15) is 12.2 Å². The normalized spacial score (nSPS) is 20.8. The molecule has 0 aromatic heterocycles. The molecule has 2 aromatic carbocycles. The fraction of sp³-hybridized carbons (Fsp3) is 0.447. The predicted octanol–water partition coefficient (Wildman–Crippen LogP) is 7.02. The molecule has 242 valence electrons. The minimum atomic E-state index is -3.19. The van der Waals surface area contributed by atoms with Crippen LogP contribution in [0.5, 0.6) is 0 Å². The van der Waals surface area contributed by atoms with E-state index in [2.05, 4.69) is 45.0 Å². The fourth-order valence-electron chi connectivity index (χ4n) is 5.69. The highest BCUT2D eigenvalue weighted by molar-refractivity contribution is 6.99. The predicted molar refractivity (Wildman–Crippen MR) is 183 cm³/mol. The molecule has 0 aliphatic carbocycles. The van der Waals surface area contributed by atoms with Gasteiger partial charge in [-0.05, 0) is 60.2 Å². The second-order valence-electron chi connectivity index (χ2n) is 13.4. The number of ether oxygens (including phenoxy) is 2. The van der Waals surface area contributed by atoms with Crippen LogP contribution in [0.3, 0.4) is 0 Å². The summed E-state index contributed by atoms with van der Waals surface area (Å²) in [6.45, 7) is 17.8. The summed E-state index contributed by atoms with van der Waals surface area (Å²) in [4.78, 5) is 40.3. The second-order valence-corrected chi connectivity index (χ2v) is 17.6. The summed E-state index contributed by atoms with van der Waals surface area (Å²) in [7, 11) is -3.19. The summed E-state index contributed by atoms with van der Waals surface area (Å²) in [5, 5.41) is 1.72. The van der Waals surface area contributed by atoms with Crippen LogP contribution in [0.15, 0.2) is 95.6 Å². The Morgan fingerprint density at radius 3 is 2.00 bits per heavy atom. The van der Waals surface area contributed by atoms with E-state index >= 15 is 0 Å². The number of esters is 2. The lowest BCUT2D eigenvalue weighted by Gasteiger charge is -2.46. The molecule has 0 bridgehead atoms. The van der Waals surface area contributed by atoms with Crippen molar-refractivity contribution < 1.29 is 28.3 Å². The van der Waals surface area contributed by atoms with Gasteiger partial charge in [-0.3, -0.25) is 9.59 Å². The molecule has 0 radical (unpaired) electrons.